The van der Waals surface area contributed by atoms with E-state index < -0.39 is 0 Å². The van der Waals surface area contributed by atoms with Gasteiger partial charge in [-0.05, 0) is 43.3 Å². The van der Waals surface area contributed by atoms with Crippen molar-refractivity contribution in [3.05, 3.63) is 40.2 Å². The van der Waals surface area contributed by atoms with Crippen molar-refractivity contribution in [3.8, 4) is 0 Å². The summed E-state index contributed by atoms with van der Waals surface area (Å²) in [5, 5.41) is 10.2. The van der Waals surface area contributed by atoms with E-state index in [9.17, 15) is 0 Å². The Labute approximate surface area is 109 Å². The number of rotatable bonds is 3. The molecule has 0 saturated carbocycles. The van der Waals surface area contributed by atoms with Crippen LogP contribution in [0.5, 0.6) is 0 Å². The van der Waals surface area contributed by atoms with E-state index in [2.05, 4.69) is 4.98 Å². The zero-order chi connectivity index (χ0) is 12.4. The second kappa shape index (κ2) is 5.12. The van der Waals surface area contributed by atoms with E-state index in [4.69, 9.17) is 21.1 Å². The number of aliphatic hydroxyl groups is 1. The van der Waals surface area contributed by atoms with Gasteiger partial charge in [0.15, 0.2) is 0 Å². The minimum Gasteiger partial charge on any atom is -0.436 e. The lowest BCUT2D eigenvalue weighted by molar-refractivity contribution is 0.282. The van der Waals surface area contributed by atoms with E-state index in [-0.39, 0.29) is 6.61 Å². The maximum absolute atomic E-state index is 8.99. The topological polar surface area (TPSA) is 46.3 Å². The van der Waals surface area contributed by atoms with Crippen LogP contribution in [0.4, 0.5) is 0 Å². The largest absolute Gasteiger partial charge is 0.436 e. The van der Waals surface area contributed by atoms with Gasteiger partial charge in [0.05, 0.1) is 17.3 Å². The van der Waals surface area contributed by atoms with Crippen molar-refractivity contribution in [2.24, 2.45) is 0 Å². The van der Waals surface area contributed by atoms with Crippen LogP contribution < -0.4 is 0 Å². The average molecular weight is 270 g/mol. The molecule has 0 unspecified atom stereocenters. The monoisotopic (exact) mass is 269 g/mol. The Morgan fingerprint density at radius 1 is 1.41 bits per heavy atom. The van der Waals surface area contributed by atoms with E-state index >= 15 is 0 Å². The summed E-state index contributed by atoms with van der Waals surface area (Å²) in [5.41, 5.74) is 1.68. The van der Waals surface area contributed by atoms with Gasteiger partial charge < -0.3 is 9.52 Å². The van der Waals surface area contributed by atoms with Crippen molar-refractivity contribution in [1.29, 1.82) is 0 Å². The number of aryl methyl sites for hydroxylation is 2. The van der Waals surface area contributed by atoms with Crippen molar-refractivity contribution in [3.63, 3.8) is 0 Å². The number of benzene rings is 1. The predicted octanol–water partition coefficient (Wildman–Crippen LogP) is 3.59. The van der Waals surface area contributed by atoms with E-state index in [1.807, 2.05) is 26.0 Å². The maximum atomic E-state index is 8.99. The van der Waals surface area contributed by atoms with Crippen LogP contribution in [0.15, 0.2) is 32.7 Å². The van der Waals surface area contributed by atoms with Crippen LogP contribution in [-0.2, 0) is 6.61 Å². The summed E-state index contributed by atoms with van der Waals surface area (Å²) >= 11 is 7.48. The van der Waals surface area contributed by atoms with Crippen molar-refractivity contribution >= 4 is 23.4 Å². The number of halogens is 1. The number of hydrogen-bond acceptors (Lipinski definition) is 4. The van der Waals surface area contributed by atoms with Gasteiger partial charge in [-0.25, -0.2) is 4.98 Å². The first-order valence-electron chi connectivity index (χ1n) is 5.11. The maximum Gasteiger partial charge on any atom is 0.261 e. The summed E-state index contributed by atoms with van der Waals surface area (Å²) in [6.45, 7) is 3.77. The standard InChI is InChI=1S/C12H12ClNO2S/c1-7-8(2)16-12(14-7)17-11-4-3-9(6-15)5-10(11)13/h3-5,15H,6H2,1-2H3. The summed E-state index contributed by atoms with van der Waals surface area (Å²) in [4.78, 5) is 5.14. The third-order valence-corrected chi connectivity index (χ3v) is 3.73. The minimum atomic E-state index is -0.0120. The van der Waals surface area contributed by atoms with Gasteiger partial charge >= 0.3 is 0 Å². The van der Waals surface area contributed by atoms with Gasteiger partial charge in [-0.1, -0.05) is 17.7 Å². The Bertz CT molecular complexity index is 520. The van der Waals surface area contributed by atoms with Crippen molar-refractivity contribution in [2.75, 3.05) is 0 Å². The lowest BCUT2D eigenvalue weighted by atomic mass is 10.2. The lowest BCUT2D eigenvalue weighted by Crippen LogP contribution is -1.84. The van der Waals surface area contributed by atoms with Gasteiger partial charge in [0.2, 0.25) is 0 Å². The van der Waals surface area contributed by atoms with Gasteiger partial charge in [-0.3, -0.25) is 0 Å². The molecule has 0 spiro atoms. The van der Waals surface area contributed by atoms with E-state index in [0.29, 0.717) is 10.2 Å². The Hall–Kier alpha value is -0.970. The molecule has 5 heteroatoms. The van der Waals surface area contributed by atoms with E-state index in [1.54, 1.807) is 6.07 Å². The molecule has 90 valence electrons. The van der Waals surface area contributed by atoms with Gasteiger partial charge in [-0.15, -0.1) is 0 Å². The first-order chi connectivity index (χ1) is 8.10. The van der Waals surface area contributed by atoms with Crippen LogP contribution in [0.1, 0.15) is 17.0 Å². The normalized spacial score (nSPS) is 10.8. The molecule has 0 amide bonds. The summed E-state index contributed by atoms with van der Waals surface area (Å²) in [5.74, 6) is 0.815. The molecule has 1 aromatic carbocycles. The van der Waals surface area contributed by atoms with Gasteiger partial charge in [0.25, 0.3) is 5.22 Å². The molecule has 2 rings (SSSR count). The molecule has 17 heavy (non-hydrogen) atoms. The summed E-state index contributed by atoms with van der Waals surface area (Å²) in [6, 6.07) is 5.43. The molecule has 1 heterocycles. The molecule has 2 aromatic rings. The highest BCUT2D eigenvalue weighted by atomic mass is 35.5. The molecule has 1 N–H and O–H groups in total. The Balaban J connectivity index is 2.24. The third-order valence-electron chi connectivity index (χ3n) is 2.39. The van der Waals surface area contributed by atoms with Crippen molar-refractivity contribution in [2.45, 2.75) is 30.6 Å². The van der Waals surface area contributed by atoms with E-state index in [0.717, 1.165) is 21.9 Å². The highest BCUT2D eigenvalue weighted by molar-refractivity contribution is 7.99. The van der Waals surface area contributed by atoms with Crippen LogP contribution in [0, 0.1) is 13.8 Å². The van der Waals surface area contributed by atoms with Gasteiger partial charge in [-0.2, -0.15) is 0 Å². The Morgan fingerprint density at radius 3 is 2.71 bits per heavy atom. The quantitative estimate of drug-likeness (QED) is 0.925. The Kier molecular flexibility index (Phi) is 3.76. The molecular formula is C12H12ClNO2S. The molecular weight excluding hydrogens is 258 g/mol. The highest BCUT2D eigenvalue weighted by Gasteiger charge is 2.10. The summed E-state index contributed by atoms with van der Waals surface area (Å²) in [6.07, 6.45) is 0. The third kappa shape index (κ3) is 2.83. The molecule has 0 aliphatic carbocycles. The molecule has 0 bridgehead atoms. The van der Waals surface area contributed by atoms with Gasteiger partial charge in [0, 0.05) is 4.90 Å². The molecule has 0 radical (unpaired) electrons. The van der Waals surface area contributed by atoms with Crippen LogP contribution >= 0.6 is 23.4 Å². The number of aromatic nitrogens is 1. The number of hydrogen-bond donors (Lipinski definition) is 1. The second-order valence-electron chi connectivity index (χ2n) is 3.65. The average Bonchev–Trinajstić information content (AvgIpc) is 2.61. The predicted molar refractivity (Wildman–Crippen MR) is 67.5 cm³/mol. The molecule has 0 fully saturated rings. The first-order valence-corrected chi connectivity index (χ1v) is 6.30. The van der Waals surface area contributed by atoms with Crippen molar-refractivity contribution < 1.29 is 9.52 Å². The van der Waals surface area contributed by atoms with Crippen LogP contribution in [0.2, 0.25) is 5.02 Å². The molecule has 0 saturated heterocycles. The van der Waals surface area contributed by atoms with Crippen LogP contribution in [0.3, 0.4) is 0 Å². The smallest absolute Gasteiger partial charge is 0.261 e. The minimum absolute atomic E-state index is 0.0120. The van der Waals surface area contributed by atoms with Crippen LogP contribution in [-0.4, -0.2) is 10.1 Å². The second-order valence-corrected chi connectivity index (χ2v) is 5.05. The first kappa shape index (κ1) is 12.5. The SMILES string of the molecule is Cc1nc(Sc2ccc(CO)cc2Cl)oc1C. The molecule has 0 aliphatic rings. The molecule has 3 nitrogen and oxygen atoms in total. The highest BCUT2D eigenvalue weighted by Crippen LogP contribution is 2.34. The molecule has 0 atom stereocenters. The fourth-order valence-electron chi connectivity index (χ4n) is 1.31. The summed E-state index contributed by atoms with van der Waals surface area (Å²) in [7, 11) is 0. The van der Waals surface area contributed by atoms with Crippen molar-refractivity contribution in [1.82, 2.24) is 4.98 Å². The van der Waals surface area contributed by atoms with E-state index in [1.165, 1.54) is 11.8 Å². The fourth-order valence-corrected chi connectivity index (χ4v) is 2.46. The summed E-state index contributed by atoms with van der Waals surface area (Å²) < 4.78 is 5.47. The number of aliphatic hydroxyl groups excluding tert-OH is 1. The number of oxazole rings is 1. The number of nitrogens with zero attached hydrogens (tertiary/aromatic N) is 1. The van der Waals surface area contributed by atoms with Crippen LogP contribution in [0.25, 0.3) is 0 Å². The molecule has 0 aliphatic heterocycles. The molecule has 1 aromatic heterocycles. The fraction of sp³-hybridized carbons (Fsp3) is 0.250. The zero-order valence-corrected chi connectivity index (χ0v) is 11.1. The Morgan fingerprint density at radius 2 is 2.18 bits per heavy atom. The zero-order valence-electron chi connectivity index (χ0n) is 9.53. The lowest BCUT2D eigenvalue weighted by Gasteiger charge is -2.02. The van der Waals surface area contributed by atoms with Gasteiger partial charge in [0.1, 0.15) is 5.76 Å².